The monoisotopic (exact) mass is 505 g/mol. The highest BCUT2D eigenvalue weighted by Crippen LogP contribution is 2.40. The number of fused-ring (bicyclic) bond motifs is 1. The van der Waals surface area contributed by atoms with Gasteiger partial charge in [0.25, 0.3) is 5.91 Å². The molecule has 0 spiro atoms. The minimum atomic E-state index is -1.06. The first-order chi connectivity index (χ1) is 17.4. The zero-order valence-electron chi connectivity index (χ0n) is 20.8. The molecule has 0 aliphatic heterocycles. The zero-order valence-corrected chi connectivity index (χ0v) is 21.6. The van der Waals surface area contributed by atoms with Gasteiger partial charge in [-0.3, -0.25) is 9.59 Å². The number of ether oxygens (including phenoxy) is 2. The van der Waals surface area contributed by atoms with Crippen LogP contribution in [0.1, 0.15) is 65.0 Å². The first kappa shape index (κ1) is 25.6. The zero-order chi connectivity index (χ0) is 25.7. The lowest BCUT2D eigenvalue weighted by Gasteiger charge is -2.20. The Morgan fingerprint density at radius 1 is 1.03 bits per heavy atom. The summed E-state index contributed by atoms with van der Waals surface area (Å²) in [6, 6.07) is 18.7. The van der Waals surface area contributed by atoms with Gasteiger partial charge in [-0.15, -0.1) is 11.3 Å². The van der Waals surface area contributed by atoms with Crippen molar-refractivity contribution in [3.63, 3.8) is 0 Å². The summed E-state index contributed by atoms with van der Waals surface area (Å²) < 4.78 is 10.9. The highest BCUT2D eigenvalue weighted by atomic mass is 32.1. The number of thiophene rings is 1. The molecule has 1 amide bonds. The Bertz CT molecular complexity index is 1180. The van der Waals surface area contributed by atoms with Gasteiger partial charge in [0.15, 0.2) is 6.10 Å². The second kappa shape index (κ2) is 11.5. The Morgan fingerprint density at radius 2 is 1.64 bits per heavy atom. The summed E-state index contributed by atoms with van der Waals surface area (Å²) in [6.07, 6.45) is 1.57. The van der Waals surface area contributed by atoms with E-state index in [0.717, 1.165) is 40.8 Å². The number of hydrogen-bond acceptors (Lipinski definition) is 6. The molecule has 2 unspecified atom stereocenters. The number of esters is 2. The molecule has 1 aromatic heterocycles. The van der Waals surface area contributed by atoms with Crippen LogP contribution < -0.4 is 5.32 Å². The van der Waals surface area contributed by atoms with Gasteiger partial charge in [0, 0.05) is 4.88 Å². The van der Waals surface area contributed by atoms with Crippen molar-refractivity contribution in [1.82, 2.24) is 0 Å². The predicted molar refractivity (Wildman–Crippen MR) is 140 cm³/mol. The minimum Gasteiger partial charge on any atom is -0.462 e. The summed E-state index contributed by atoms with van der Waals surface area (Å²) in [5.74, 6) is -1.58. The molecule has 36 heavy (non-hydrogen) atoms. The topological polar surface area (TPSA) is 81.7 Å². The molecule has 1 N–H and O–H groups in total. The maximum Gasteiger partial charge on any atom is 0.341 e. The van der Waals surface area contributed by atoms with Crippen LogP contribution in [0.15, 0.2) is 60.7 Å². The molecule has 1 heterocycles. The summed E-state index contributed by atoms with van der Waals surface area (Å²) in [5.41, 5.74) is 2.96. The molecule has 2 atom stereocenters. The molecule has 0 saturated carbocycles. The van der Waals surface area contributed by atoms with E-state index in [9.17, 15) is 14.4 Å². The lowest BCUT2D eigenvalue weighted by Crippen LogP contribution is -2.32. The fourth-order valence-electron chi connectivity index (χ4n) is 4.52. The molecule has 4 rings (SSSR count). The van der Waals surface area contributed by atoms with Crippen LogP contribution in [0, 0.1) is 5.92 Å². The smallest absolute Gasteiger partial charge is 0.341 e. The maximum absolute atomic E-state index is 13.3. The Labute approximate surface area is 215 Å². The molecule has 0 fully saturated rings. The average Bonchev–Trinajstić information content (AvgIpc) is 3.22. The number of amides is 1. The molecular formula is C29H31NO5S. The van der Waals surface area contributed by atoms with Crippen LogP contribution >= 0.6 is 11.3 Å². The number of carbonyl (C=O) groups excluding carboxylic acids is 3. The van der Waals surface area contributed by atoms with E-state index in [4.69, 9.17) is 9.47 Å². The Kier molecular flexibility index (Phi) is 8.21. The van der Waals surface area contributed by atoms with Gasteiger partial charge in [-0.1, -0.05) is 67.6 Å². The van der Waals surface area contributed by atoms with Crippen LogP contribution in [-0.4, -0.2) is 30.6 Å². The standard InChI is InChI=1S/C29H31NO5S/c1-4-34-28(32)25-22-16-15-18(2)17-23(22)36-27(25)30-26(31)19(3)35-29(33)24(20-11-7-5-8-12-20)21-13-9-6-10-14-21/h5-14,18-19,24H,4,15-17H2,1-3H3,(H,30,31). The molecule has 188 valence electrons. The van der Waals surface area contributed by atoms with Gasteiger partial charge in [-0.05, 0) is 55.7 Å². The van der Waals surface area contributed by atoms with E-state index in [1.807, 2.05) is 60.7 Å². The van der Waals surface area contributed by atoms with E-state index in [0.29, 0.717) is 16.5 Å². The van der Waals surface area contributed by atoms with E-state index < -0.39 is 29.9 Å². The van der Waals surface area contributed by atoms with Crippen LogP contribution in [0.3, 0.4) is 0 Å². The van der Waals surface area contributed by atoms with E-state index in [-0.39, 0.29) is 6.61 Å². The maximum atomic E-state index is 13.3. The number of nitrogens with one attached hydrogen (secondary N) is 1. The van der Waals surface area contributed by atoms with Crippen LogP contribution in [0.5, 0.6) is 0 Å². The van der Waals surface area contributed by atoms with Crippen molar-refractivity contribution >= 4 is 34.2 Å². The van der Waals surface area contributed by atoms with Gasteiger partial charge < -0.3 is 14.8 Å². The second-order valence-corrected chi connectivity index (χ2v) is 10.2. The molecule has 1 aliphatic rings. The largest absolute Gasteiger partial charge is 0.462 e. The Hall–Kier alpha value is -3.45. The molecule has 2 aromatic carbocycles. The second-order valence-electron chi connectivity index (χ2n) is 9.10. The van der Waals surface area contributed by atoms with Crippen molar-refractivity contribution < 1.29 is 23.9 Å². The molecule has 0 saturated heterocycles. The molecule has 0 bridgehead atoms. The number of hydrogen-bond donors (Lipinski definition) is 1. The molecule has 3 aromatic rings. The van der Waals surface area contributed by atoms with Crippen molar-refractivity contribution in [2.45, 2.75) is 52.1 Å². The number of carbonyl (C=O) groups is 3. The average molecular weight is 506 g/mol. The lowest BCUT2D eigenvalue weighted by molar-refractivity contribution is -0.153. The van der Waals surface area contributed by atoms with E-state index in [1.54, 1.807) is 13.8 Å². The van der Waals surface area contributed by atoms with Crippen LogP contribution in [0.2, 0.25) is 0 Å². The normalized spacial score (nSPS) is 15.6. The summed E-state index contributed by atoms with van der Waals surface area (Å²) >= 11 is 1.41. The Balaban J connectivity index is 1.53. The third-order valence-electron chi connectivity index (χ3n) is 6.39. The van der Waals surface area contributed by atoms with Crippen molar-refractivity contribution in [2.24, 2.45) is 5.92 Å². The van der Waals surface area contributed by atoms with Gasteiger partial charge in [-0.25, -0.2) is 4.79 Å². The molecule has 7 heteroatoms. The predicted octanol–water partition coefficient (Wildman–Crippen LogP) is 5.75. The van der Waals surface area contributed by atoms with E-state index >= 15 is 0 Å². The summed E-state index contributed by atoms with van der Waals surface area (Å²) in [7, 11) is 0. The summed E-state index contributed by atoms with van der Waals surface area (Å²) in [4.78, 5) is 40.3. The van der Waals surface area contributed by atoms with Gasteiger partial charge >= 0.3 is 11.9 Å². The van der Waals surface area contributed by atoms with Crippen LogP contribution in [0.25, 0.3) is 0 Å². The van der Waals surface area contributed by atoms with Crippen LogP contribution in [-0.2, 0) is 31.9 Å². The quantitative estimate of drug-likeness (QED) is 0.394. The first-order valence-electron chi connectivity index (χ1n) is 12.3. The van der Waals surface area contributed by atoms with Gasteiger partial charge in [-0.2, -0.15) is 0 Å². The molecule has 0 radical (unpaired) electrons. The van der Waals surface area contributed by atoms with Gasteiger partial charge in [0.1, 0.15) is 10.9 Å². The summed E-state index contributed by atoms with van der Waals surface area (Å²) in [5, 5.41) is 3.31. The molecule has 1 aliphatic carbocycles. The third-order valence-corrected chi connectivity index (χ3v) is 7.56. The van der Waals surface area contributed by atoms with Gasteiger partial charge in [0.05, 0.1) is 12.2 Å². The highest BCUT2D eigenvalue weighted by Gasteiger charge is 2.32. The first-order valence-corrected chi connectivity index (χ1v) is 13.1. The van der Waals surface area contributed by atoms with Crippen molar-refractivity contribution in [3.8, 4) is 0 Å². The van der Waals surface area contributed by atoms with Crippen LogP contribution in [0.4, 0.5) is 5.00 Å². The SMILES string of the molecule is CCOC(=O)c1c(NC(=O)C(C)OC(=O)C(c2ccccc2)c2ccccc2)sc2c1CCC(C)C2. The minimum absolute atomic E-state index is 0.252. The highest BCUT2D eigenvalue weighted by molar-refractivity contribution is 7.17. The number of anilines is 1. The van der Waals surface area contributed by atoms with E-state index in [1.165, 1.54) is 11.3 Å². The summed E-state index contributed by atoms with van der Waals surface area (Å²) in [6.45, 7) is 5.73. The van der Waals surface area contributed by atoms with E-state index in [2.05, 4.69) is 12.2 Å². The van der Waals surface area contributed by atoms with Crippen molar-refractivity contribution in [3.05, 3.63) is 87.8 Å². The lowest BCUT2D eigenvalue weighted by atomic mass is 9.88. The Morgan fingerprint density at radius 3 is 2.22 bits per heavy atom. The third kappa shape index (κ3) is 5.68. The van der Waals surface area contributed by atoms with Crippen molar-refractivity contribution in [1.29, 1.82) is 0 Å². The fraction of sp³-hybridized carbons (Fsp3) is 0.345. The van der Waals surface area contributed by atoms with Crippen molar-refractivity contribution in [2.75, 3.05) is 11.9 Å². The molecular weight excluding hydrogens is 474 g/mol. The fourth-order valence-corrected chi connectivity index (χ4v) is 5.92. The number of benzene rings is 2. The molecule has 6 nitrogen and oxygen atoms in total. The number of rotatable bonds is 8. The van der Waals surface area contributed by atoms with Gasteiger partial charge in [0.2, 0.25) is 0 Å².